The van der Waals surface area contributed by atoms with Crippen LogP contribution in [0.4, 0.5) is 4.79 Å². The molecule has 0 saturated carbocycles. The molecule has 144 valence electrons. The molecule has 27 heavy (non-hydrogen) atoms. The zero-order chi connectivity index (χ0) is 18.7. The van der Waals surface area contributed by atoms with Crippen molar-refractivity contribution >= 4 is 17.4 Å². The topological polar surface area (TPSA) is 60.0 Å². The van der Waals surface area contributed by atoms with Gasteiger partial charge in [-0.25, -0.2) is 4.79 Å². The summed E-state index contributed by atoms with van der Waals surface area (Å²) in [6.07, 6.45) is 2.15. The van der Waals surface area contributed by atoms with Crippen molar-refractivity contribution in [3.05, 3.63) is 46.2 Å². The minimum Gasteiger partial charge on any atom is -0.493 e. The van der Waals surface area contributed by atoms with Crippen LogP contribution in [-0.4, -0.2) is 43.5 Å². The van der Waals surface area contributed by atoms with Gasteiger partial charge in [-0.05, 0) is 23.9 Å². The van der Waals surface area contributed by atoms with Crippen LogP contribution in [-0.2, 0) is 17.8 Å². The van der Waals surface area contributed by atoms with E-state index < -0.39 is 5.79 Å². The number of amides is 2. The van der Waals surface area contributed by atoms with Gasteiger partial charge in [0.2, 0.25) is 5.79 Å². The number of nitrogens with zero attached hydrogens (tertiary/aromatic N) is 1. The second-order valence-corrected chi connectivity index (χ2v) is 7.83. The minimum absolute atomic E-state index is 0.0183. The lowest BCUT2D eigenvalue weighted by atomic mass is 10.0. The van der Waals surface area contributed by atoms with E-state index >= 15 is 0 Å². The Morgan fingerprint density at radius 1 is 1.30 bits per heavy atom. The Morgan fingerprint density at radius 3 is 2.89 bits per heavy atom. The second kappa shape index (κ2) is 7.78. The number of carbonyl (C=O) groups excluding carboxylic acids is 1. The molecule has 1 spiro atoms. The summed E-state index contributed by atoms with van der Waals surface area (Å²) >= 11 is 1.71. The van der Waals surface area contributed by atoms with E-state index in [2.05, 4.69) is 16.8 Å². The van der Waals surface area contributed by atoms with Crippen molar-refractivity contribution in [1.29, 1.82) is 0 Å². The summed E-state index contributed by atoms with van der Waals surface area (Å²) in [6.45, 7) is 2.36. The van der Waals surface area contributed by atoms with Gasteiger partial charge in [-0.3, -0.25) is 0 Å². The average molecular weight is 388 g/mol. The molecule has 2 amide bonds. The molecule has 7 heteroatoms. The van der Waals surface area contributed by atoms with Crippen LogP contribution in [0.3, 0.4) is 0 Å². The van der Waals surface area contributed by atoms with Crippen molar-refractivity contribution in [3.63, 3.8) is 0 Å². The first kappa shape index (κ1) is 18.1. The van der Waals surface area contributed by atoms with Gasteiger partial charge in [0.25, 0.3) is 0 Å². The molecule has 0 radical (unpaired) electrons. The molecule has 2 aliphatic heterocycles. The predicted molar refractivity (Wildman–Crippen MR) is 103 cm³/mol. The quantitative estimate of drug-likeness (QED) is 0.872. The van der Waals surface area contributed by atoms with Crippen LogP contribution in [0.25, 0.3) is 0 Å². The first-order valence-electron chi connectivity index (χ1n) is 9.23. The number of thiophene rings is 1. The van der Waals surface area contributed by atoms with Gasteiger partial charge in [0.05, 0.1) is 13.7 Å². The van der Waals surface area contributed by atoms with E-state index in [0.717, 1.165) is 23.5 Å². The number of benzene rings is 1. The molecule has 1 aromatic heterocycles. The minimum atomic E-state index is -0.671. The Bertz CT molecular complexity index is 771. The standard InChI is InChI=1S/C20H24N2O4S/c1-24-17-6-2-4-15-14-25-20(26-18(15)17)8-11-22(12-9-20)19(23)21-10-7-16-5-3-13-27-16/h2-6,13H,7-12,14H2,1H3,(H,21,23). The van der Waals surface area contributed by atoms with Crippen LogP contribution in [0.15, 0.2) is 35.7 Å². The molecule has 2 aliphatic rings. The lowest BCUT2D eigenvalue weighted by molar-refractivity contribution is -0.225. The normalized spacial score (nSPS) is 17.9. The number of likely N-dealkylation sites (tertiary alicyclic amines) is 1. The molecular weight excluding hydrogens is 364 g/mol. The van der Waals surface area contributed by atoms with Crippen molar-refractivity contribution in [2.45, 2.75) is 31.7 Å². The number of urea groups is 1. The van der Waals surface area contributed by atoms with Gasteiger partial charge in [-0.1, -0.05) is 18.2 Å². The molecule has 6 nitrogen and oxygen atoms in total. The number of hydrogen-bond acceptors (Lipinski definition) is 5. The monoisotopic (exact) mass is 388 g/mol. The van der Waals surface area contributed by atoms with Gasteiger partial charge in [-0.15, -0.1) is 11.3 Å². The maximum atomic E-state index is 12.4. The van der Waals surface area contributed by atoms with Crippen molar-refractivity contribution < 1.29 is 19.0 Å². The zero-order valence-electron chi connectivity index (χ0n) is 15.4. The molecule has 0 unspecified atom stereocenters. The third-order valence-electron chi connectivity index (χ3n) is 5.10. The van der Waals surface area contributed by atoms with Crippen LogP contribution in [0.2, 0.25) is 0 Å². The summed E-state index contributed by atoms with van der Waals surface area (Å²) in [6, 6.07) is 9.92. The largest absolute Gasteiger partial charge is 0.493 e. The molecule has 1 fully saturated rings. The summed E-state index contributed by atoms with van der Waals surface area (Å²) in [7, 11) is 1.64. The summed E-state index contributed by atoms with van der Waals surface area (Å²) in [5.41, 5.74) is 0.994. The Hall–Kier alpha value is -2.25. The van der Waals surface area contributed by atoms with Gasteiger partial charge in [-0.2, -0.15) is 0 Å². The van der Waals surface area contributed by atoms with Gasteiger partial charge in [0.1, 0.15) is 0 Å². The molecule has 0 atom stereocenters. The number of para-hydroxylation sites is 1. The summed E-state index contributed by atoms with van der Waals surface area (Å²) in [4.78, 5) is 15.5. The Morgan fingerprint density at radius 2 is 2.15 bits per heavy atom. The molecule has 1 N–H and O–H groups in total. The van der Waals surface area contributed by atoms with Crippen LogP contribution in [0, 0.1) is 0 Å². The van der Waals surface area contributed by atoms with Crippen molar-refractivity contribution in [2.75, 3.05) is 26.7 Å². The van der Waals surface area contributed by atoms with E-state index in [1.807, 2.05) is 29.2 Å². The van der Waals surface area contributed by atoms with Crippen LogP contribution in [0.5, 0.6) is 11.5 Å². The summed E-state index contributed by atoms with van der Waals surface area (Å²) < 4.78 is 17.7. The van der Waals surface area contributed by atoms with E-state index in [1.54, 1.807) is 18.4 Å². The summed E-state index contributed by atoms with van der Waals surface area (Å²) in [5, 5.41) is 5.06. The highest BCUT2D eigenvalue weighted by molar-refractivity contribution is 7.09. The van der Waals surface area contributed by atoms with Crippen molar-refractivity contribution in [2.24, 2.45) is 0 Å². The number of hydrogen-bond donors (Lipinski definition) is 1. The second-order valence-electron chi connectivity index (χ2n) is 6.80. The smallest absolute Gasteiger partial charge is 0.317 e. The molecule has 2 aromatic rings. The van der Waals surface area contributed by atoms with Gasteiger partial charge >= 0.3 is 6.03 Å². The van der Waals surface area contributed by atoms with E-state index in [-0.39, 0.29) is 6.03 Å². The average Bonchev–Trinajstić information content (AvgIpc) is 3.21. The van der Waals surface area contributed by atoms with Crippen molar-refractivity contribution in [1.82, 2.24) is 10.2 Å². The number of fused-ring (bicyclic) bond motifs is 1. The highest BCUT2D eigenvalue weighted by atomic mass is 32.1. The van der Waals surface area contributed by atoms with E-state index in [4.69, 9.17) is 14.2 Å². The number of piperidine rings is 1. The zero-order valence-corrected chi connectivity index (χ0v) is 16.2. The fourth-order valence-electron chi connectivity index (χ4n) is 3.53. The van der Waals surface area contributed by atoms with Crippen LogP contribution in [0.1, 0.15) is 23.3 Å². The lowest BCUT2D eigenvalue weighted by Crippen LogP contribution is -2.54. The SMILES string of the molecule is COc1cccc2c1OC1(CCN(C(=O)NCCc3cccs3)CC1)OC2. The van der Waals surface area contributed by atoms with Crippen molar-refractivity contribution in [3.8, 4) is 11.5 Å². The van der Waals surface area contributed by atoms with Gasteiger partial charge in [0, 0.05) is 42.9 Å². The third kappa shape index (κ3) is 3.89. The molecule has 3 heterocycles. The van der Waals surface area contributed by atoms with E-state index in [0.29, 0.717) is 39.1 Å². The molecule has 4 rings (SSSR count). The Labute approximate surface area is 163 Å². The highest BCUT2D eigenvalue weighted by Gasteiger charge is 2.42. The number of carbonyl (C=O) groups is 1. The Kier molecular flexibility index (Phi) is 5.22. The van der Waals surface area contributed by atoms with Gasteiger partial charge < -0.3 is 24.4 Å². The van der Waals surface area contributed by atoms with Gasteiger partial charge in [0.15, 0.2) is 11.5 Å². The number of ether oxygens (including phenoxy) is 3. The lowest BCUT2D eigenvalue weighted by Gasteiger charge is -2.44. The first-order valence-corrected chi connectivity index (χ1v) is 10.1. The molecule has 1 aromatic carbocycles. The molecule has 0 bridgehead atoms. The Balaban J connectivity index is 1.31. The first-order chi connectivity index (χ1) is 13.2. The maximum absolute atomic E-state index is 12.4. The number of nitrogens with one attached hydrogen (secondary N) is 1. The number of rotatable bonds is 4. The molecule has 1 saturated heterocycles. The maximum Gasteiger partial charge on any atom is 0.317 e. The molecule has 0 aliphatic carbocycles. The summed E-state index contributed by atoms with van der Waals surface area (Å²) in [5.74, 6) is 0.819. The highest BCUT2D eigenvalue weighted by Crippen LogP contribution is 2.42. The van der Waals surface area contributed by atoms with E-state index in [1.165, 1.54) is 4.88 Å². The molecular formula is C20H24N2O4S. The fraction of sp³-hybridized carbons (Fsp3) is 0.450. The van der Waals surface area contributed by atoms with E-state index in [9.17, 15) is 4.79 Å². The number of methoxy groups -OCH3 is 1. The fourth-order valence-corrected chi connectivity index (χ4v) is 4.24. The van der Waals surface area contributed by atoms with Crippen LogP contribution >= 0.6 is 11.3 Å². The predicted octanol–water partition coefficient (Wildman–Crippen LogP) is 3.41. The third-order valence-corrected chi connectivity index (χ3v) is 6.04. The van der Waals surface area contributed by atoms with Crippen LogP contribution < -0.4 is 14.8 Å².